The Kier molecular flexibility index (Phi) is 6.66. The normalized spacial score (nSPS) is 15.9. The number of nitrogens with zero attached hydrogens (tertiary/aromatic N) is 1. The van der Waals surface area contributed by atoms with E-state index in [1.165, 1.54) is 7.11 Å². The molecule has 0 unspecified atom stereocenters. The van der Waals surface area contributed by atoms with Crippen LogP contribution in [-0.2, 0) is 10.0 Å². The Morgan fingerprint density at radius 1 is 1.20 bits per heavy atom. The van der Waals surface area contributed by atoms with Crippen LogP contribution in [0.4, 0.5) is 0 Å². The Balaban J connectivity index is 1.97. The number of methoxy groups -OCH3 is 2. The van der Waals surface area contributed by atoms with E-state index in [0.717, 1.165) is 0 Å². The first-order valence-electron chi connectivity index (χ1n) is 8.41. The SMILES string of the molecule is CCCS(=O)(=O)NC1CCN(C(=O)c2ccc(OC)c(OC)c2)CC1. The number of hydrogen-bond donors (Lipinski definition) is 1. The average molecular weight is 370 g/mol. The van der Waals surface area contributed by atoms with E-state index in [4.69, 9.17) is 9.47 Å². The summed E-state index contributed by atoms with van der Waals surface area (Å²) in [6.45, 7) is 2.88. The standard InChI is InChI=1S/C17H26N2O5S/c1-4-11-25(21,22)18-14-7-9-19(10-8-14)17(20)13-5-6-15(23-2)16(12-13)24-3/h5-6,12,14,18H,4,7-11H2,1-3H3. The zero-order valence-electron chi connectivity index (χ0n) is 14.9. The Labute approximate surface area is 149 Å². The van der Waals surface area contributed by atoms with Crippen molar-refractivity contribution in [1.82, 2.24) is 9.62 Å². The van der Waals surface area contributed by atoms with Crippen molar-refractivity contribution < 1.29 is 22.7 Å². The van der Waals surface area contributed by atoms with Gasteiger partial charge in [0.2, 0.25) is 10.0 Å². The number of ether oxygens (including phenoxy) is 2. The third kappa shape index (κ3) is 5.09. The van der Waals surface area contributed by atoms with Crippen LogP contribution in [0.25, 0.3) is 0 Å². The van der Waals surface area contributed by atoms with Gasteiger partial charge in [-0.05, 0) is 37.5 Å². The van der Waals surface area contributed by atoms with E-state index < -0.39 is 10.0 Å². The number of carbonyl (C=O) groups excluding carboxylic acids is 1. The second kappa shape index (κ2) is 8.53. The minimum Gasteiger partial charge on any atom is -0.493 e. The van der Waals surface area contributed by atoms with Crippen molar-refractivity contribution in [3.63, 3.8) is 0 Å². The van der Waals surface area contributed by atoms with Crippen LogP contribution in [0.5, 0.6) is 11.5 Å². The zero-order valence-corrected chi connectivity index (χ0v) is 15.8. The summed E-state index contributed by atoms with van der Waals surface area (Å²) in [5, 5.41) is 0. The molecule has 1 aliphatic rings. The molecule has 1 fully saturated rings. The third-order valence-corrected chi connectivity index (χ3v) is 5.87. The van der Waals surface area contributed by atoms with Crippen molar-refractivity contribution in [1.29, 1.82) is 0 Å². The highest BCUT2D eigenvalue weighted by Gasteiger charge is 2.26. The van der Waals surface area contributed by atoms with Crippen LogP contribution in [0.15, 0.2) is 18.2 Å². The lowest BCUT2D eigenvalue weighted by Gasteiger charge is -2.32. The molecule has 1 N–H and O–H groups in total. The number of amides is 1. The molecule has 140 valence electrons. The molecule has 0 saturated carbocycles. The van der Waals surface area contributed by atoms with Gasteiger partial charge in [0.05, 0.1) is 20.0 Å². The highest BCUT2D eigenvalue weighted by atomic mass is 32.2. The average Bonchev–Trinajstić information content (AvgIpc) is 2.60. The third-order valence-electron chi connectivity index (χ3n) is 4.23. The first kappa shape index (κ1) is 19.5. The van der Waals surface area contributed by atoms with Crippen LogP contribution in [0.1, 0.15) is 36.5 Å². The maximum absolute atomic E-state index is 12.7. The molecule has 0 radical (unpaired) electrons. The van der Waals surface area contributed by atoms with Crippen molar-refractivity contribution in [3.05, 3.63) is 23.8 Å². The summed E-state index contributed by atoms with van der Waals surface area (Å²) in [7, 11) is -0.149. The molecule has 0 atom stereocenters. The highest BCUT2D eigenvalue weighted by molar-refractivity contribution is 7.89. The van der Waals surface area contributed by atoms with Crippen LogP contribution in [0.2, 0.25) is 0 Å². The number of hydrogen-bond acceptors (Lipinski definition) is 5. The summed E-state index contributed by atoms with van der Waals surface area (Å²) < 4.78 is 36.8. The van der Waals surface area contributed by atoms with Crippen molar-refractivity contribution in [2.45, 2.75) is 32.2 Å². The van der Waals surface area contributed by atoms with Crippen LogP contribution in [0.3, 0.4) is 0 Å². The number of piperidine rings is 1. The van der Waals surface area contributed by atoms with Crippen molar-refractivity contribution in [2.75, 3.05) is 33.1 Å². The summed E-state index contributed by atoms with van der Waals surface area (Å²) >= 11 is 0. The van der Waals surface area contributed by atoms with E-state index in [2.05, 4.69) is 4.72 Å². The van der Waals surface area contributed by atoms with Gasteiger partial charge in [0.25, 0.3) is 5.91 Å². The minimum atomic E-state index is -3.22. The maximum Gasteiger partial charge on any atom is 0.253 e. The van der Waals surface area contributed by atoms with Gasteiger partial charge in [0.15, 0.2) is 11.5 Å². The number of rotatable bonds is 7. The van der Waals surface area contributed by atoms with Crippen LogP contribution in [0, 0.1) is 0 Å². The Morgan fingerprint density at radius 3 is 2.40 bits per heavy atom. The van der Waals surface area contributed by atoms with Gasteiger partial charge in [0, 0.05) is 24.7 Å². The summed E-state index contributed by atoms with van der Waals surface area (Å²) in [5.74, 6) is 1.13. The van der Waals surface area contributed by atoms with E-state index in [9.17, 15) is 13.2 Å². The fraction of sp³-hybridized carbons (Fsp3) is 0.588. The molecule has 0 spiro atoms. The van der Waals surface area contributed by atoms with Gasteiger partial charge in [-0.25, -0.2) is 13.1 Å². The molecule has 1 aromatic carbocycles. The minimum absolute atomic E-state index is 0.0872. The molecule has 2 rings (SSSR count). The van der Waals surface area contributed by atoms with Gasteiger partial charge in [-0.3, -0.25) is 4.79 Å². The Hall–Kier alpha value is -1.80. The van der Waals surface area contributed by atoms with Crippen molar-refractivity contribution >= 4 is 15.9 Å². The molecular weight excluding hydrogens is 344 g/mol. The lowest BCUT2D eigenvalue weighted by atomic mass is 10.0. The van der Waals surface area contributed by atoms with E-state index in [1.807, 2.05) is 6.92 Å². The molecule has 7 nitrogen and oxygen atoms in total. The molecule has 1 heterocycles. The number of likely N-dealkylation sites (tertiary alicyclic amines) is 1. The van der Waals surface area contributed by atoms with E-state index in [1.54, 1.807) is 30.2 Å². The molecule has 1 saturated heterocycles. The van der Waals surface area contributed by atoms with E-state index >= 15 is 0 Å². The molecule has 0 bridgehead atoms. The lowest BCUT2D eigenvalue weighted by Crippen LogP contribution is -2.46. The molecule has 0 aliphatic carbocycles. The largest absolute Gasteiger partial charge is 0.493 e. The Bertz CT molecular complexity index is 697. The summed E-state index contributed by atoms with van der Waals surface area (Å²) in [6, 6.07) is 4.97. The van der Waals surface area contributed by atoms with Gasteiger partial charge in [-0.15, -0.1) is 0 Å². The fourth-order valence-electron chi connectivity index (χ4n) is 2.93. The van der Waals surface area contributed by atoms with Gasteiger partial charge < -0.3 is 14.4 Å². The highest BCUT2D eigenvalue weighted by Crippen LogP contribution is 2.28. The monoisotopic (exact) mass is 370 g/mol. The van der Waals surface area contributed by atoms with Gasteiger partial charge in [-0.2, -0.15) is 0 Å². The van der Waals surface area contributed by atoms with Crippen LogP contribution in [-0.4, -0.2) is 58.3 Å². The molecule has 1 aromatic rings. The summed E-state index contributed by atoms with van der Waals surface area (Å²) in [6.07, 6.45) is 1.82. The smallest absolute Gasteiger partial charge is 0.253 e. The van der Waals surface area contributed by atoms with Crippen LogP contribution >= 0.6 is 0 Å². The molecule has 1 amide bonds. The first-order valence-corrected chi connectivity index (χ1v) is 10.1. The molecular formula is C17H26N2O5S. The molecule has 0 aromatic heterocycles. The van der Waals surface area contributed by atoms with Crippen LogP contribution < -0.4 is 14.2 Å². The predicted octanol–water partition coefficient (Wildman–Crippen LogP) is 1.64. The summed E-state index contributed by atoms with van der Waals surface area (Å²) in [5.41, 5.74) is 0.530. The molecule has 8 heteroatoms. The Morgan fingerprint density at radius 2 is 1.84 bits per heavy atom. The molecule has 1 aliphatic heterocycles. The second-order valence-corrected chi connectivity index (χ2v) is 7.95. The van der Waals surface area contributed by atoms with Gasteiger partial charge in [-0.1, -0.05) is 6.92 Å². The fourth-order valence-corrected chi connectivity index (χ4v) is 4.33. The van der Waals surface area contributed by atoms with E-state index in [0.29, 0.717) is 49.4 Å². The first-order chi connectivity index (χ1) is 11.9. The molecule has 25 heavy (non-hydrogen) atoms. The van der Waals surface area contributed by atoms with Crippen molar-refractivity contribution in [2.24, 2.45) is 0 Å². The topological polar surface area (TPSA) is 84.9 Å². The van der Waals surface area contributed by atoms with Gasteiger partial charge >= 0.3 is 0 Å². The number of sulfonamides is 1. The van der Waals surface area contributed by atoms with Gasteiger partial charge in [0.1, 0.15) is 0 Å². The summed E-state index contributed by atoms with van der Waals surface area (Å²) in [4.78, 5) is 14.4. The quantitative estimate of drug-likeness (QED) is 0.789. The lowest BCUT2D eigenvalue weighted by molar-refractivity contribution is 0.0711. The van der Waals surface area contributed by atoms with E-state index in [-0.39, 0.29) is 17.7 Å². The second-order valence-electron chi connectivity index (χ2n) is 6.07. The van der Waals surface area contributed by atoms with Crippen molar-refractivity contribution in [3.8, 4) is 11.5 Å². The zero-order chi connectivity index (χ0) is 18.4. The number of benzene rings is 1. The number of nitrogens with one attached hydrogen (secondary N) is 1. The number of carbonyl (C=O) groups is 1. The predicted molar refractivity (Wildman–Crippen MR) is 95.7 cm³/mol. The maximum atomic E-state index is 12.7.